The van der Waals surface area contributed by atoms with Crippen LogP contribution in [-0.4, -0.2) is 13.7 Å². The third-order valence-corrected chi connectivity index (χ3v) is 2.80. The summed E-state index contributed by atoms with van der Waals surface area (Å²) in [6.07, 6.45) is 5.25. The zero-order chi connectivity index (χ0) is 12.8. The molecule has 0 spiro atoms. The number of fused-ring (bicyclic) bond motifs is 1. The van der Waals surface area contributed by atoms with Gasteiger partial charge in [-0.05, 0) is 32.0 Å². The Morgan fingerprint density at radius 1 is 1.39 bits per heavy atom. The van der Waals surface area contributed by atoms with E-state index in [1.807, 2.05) is 25.1 Å². The van der Waals surface area contributed by atoms with Gasteiger partial charge in [0, 0.05) is 5.39 Å². The van der Waals surface area contributed by atoms with Crippen molar-refractivity contribution in [2.24, 2.45) is 0 Å². The Morgan fingerprint density at radius 3 is 3.06 bits per heavy atom. The molecular weight excluding hydrogens is 226 g/mol. The van der Waals surface area contributed by atoms with Gasteiger partial charge in [0.05, 0.1) is 13.7 Å². The van der Waals surface area contributed by atoms with E-state index < -0.39 is 0 Å². The van der Waals surface area contributed by atoms with Crippen LogP contribution < -0.4 is 10.1 Å². The maximum absolute atomic E-state index is 5.79. The second-order valence-electron chi connectivity index (χ2n) is 4.13. The highest BCUT2D eigenvalue weighted by atomic mass is 16.5. The van der Waals surface area contributed by atoms with Crippen molar-refractivity contribution in [1.29, 1.82) is 0 Å². The molecule has 96 valence electrons. The molecule has 0 bridgehead atoms. The molecule has 0 unspecified atom stereocenters. The lowest BCUT2D eigenvalue weighted by Gasteiger charge is -2.00. The molecule has 0 aliphatic heterocycles. The molecule has 1 aromatic heterocycles. The van der Waals surface area contributed by atoms with E-state index in [9.17, 15) is 0 Å². The molecule has 0 atom stereocenters. The Bertz CT molecular complexity index is 528. The van der Waals surface area contributed by atoms with Gasteiger partial charge in [0.1, 0.15) is 5.76 Å². The van der Waals surface area contributed by atoms with Gasteiger partial charge in [-0.25, -0.2) is 0 Å². The molecule has 0 aliphatic rings. The van der Waals surface area contributed by atoms with Crippen molar-refractivity contribution in [2.75, 3.05) is 13.7 Å². The first kappa shape index (κ1) is 12.7. The molecular formula is C15H19NO2. The number of hydrogen-bond donors (Lipinski definition) is 1. The van der Waals surface area contributed by atoms with Crippen LogP contribution in [0.15, 0.2) is 40.8 Å². The van der Waals surface area contributed by atoms with Crippen molar-refractivity contribution in [3.05, 3.63) is 42.2 Å². The van der Waals surface area contributed by atoms with E-state index in [2.05, 4.69) is 23.5 Å². The summed E-state index contributed by atoms with van der Waals surface area (Å²) in [6.45, 7) is 3.74. The van der Waals surface area contributed by atoms with Gasteiger partial charge in [-0.15, -0.1) is 0 Å². The Hall–Kier alpha value is -1.74. The minimum atomic E-state index is 0.745. The van der Waals surface area contributed by atoms with Gasteiger partial charge in [0.25, 0.3) is 0 Å². The topological polar surface area (TPSA) is 34.4 Å². The molecule has 0 aliphatic carbocycles. The average Bonchev–Trinajstić information content (AvgIpc) is 2.81. The number of ether oxygens (including phenoxy) is 1. The van der Waals surface area contributed by atoms with Crippen molar-refractivity contribution in [3.8, 4) is 5.75 Å². The van der Waals surface area contributed by atoms with Crippen molar-refractivity contribution >= 4 is 11.0 Å². The first-order valence-corrected chi connectivity index (χ1v) is 6.22. The highest BCUT2D eigenvalue weighted by Crippen LogP contribution is 2.28. The standard InChI is InChI=1S/C15H19NO2/c1-3-4-5-9-16-11-13-10-12-7-6-8-14(17-2)15(12)18-13/h3-4,6-8,10,16H,5,9,11H2,1-2H3/b4-3+. The van der Waals surface area contributed by atoms with Crippen LogP contribution in [0.1, 0.15) is 19.1 Å². The summed E-state index contributed by atoms with van der Waals surface area (Å²) < 4.78 is 11.1. The van der Waals surface area contributed by atoms with Crippen LogP contribution in [0.4, 0.5) is 0 Å². The lowest BCUT2D eigenvalue weighted by molar-refractivity contribution is 0.406. The third-order valence-electron chi connectivity index (χ3n) is 2.80. The number of benzene rings is 1. The van der Waals surface area contributed by atoms with Crippen LogP contribution in [0.25, 0.3) is 11.0 Å². The first-order chi connectivity index (χ1) is 8.85. The minimum absolute atomic E-state index is 0.745. The number of methoxy groups -OCH3 is 1. The van der Waals surface area contributed by atoms with Crippen LogP contribution in [0.5, 0.6) is 5.75 Å². The minimum Gasteiger partial charge on any atom is -0.493 e. The zero-order valence-electron chi connectivity index (χ0n) is 10.9. The fourth-order valence-electron chi connectivity index (χ4n) is 1.90. The van der Waals surface area contributed by atoms with E-state index in [4.69, 9.17) is 9.15 Å². The molecule has 0 saturated heterocycles. The van der Waals surface area contributed by atoms with E-state index >= 15 is 0 Å². The molecule has 1 heterocycles. The fourth-order valence-corrected chi connectivity index (χ4v) is 1.90. The average molecular weight is 245 g/mol. The highest BCUT2D eigenvalue weighted by molar-refractivity contribution is 5.83. The van der Waals surface area contributed by atoms with E-state index in [0.29, 0.717) is 0 Å². The number of nitrogens with one attached hydrogen (secondary N) is 1. The quantitative estimate of drug-likeness (QED) is 0.625. The highest BCUT2D eigenvalue weighted by Gasteiger charge is 2.07. The van der Waals surface area contributed by atoms with Gasteiger partial charge in [0.15, 0.2) is 11.3 Å². The van der Waals surface area contributed by atoms with Crippen molar-refractivity contribution < 1.29 is 9.15 Å². The predicted octanol–water partition coefficient (Wildman–Crippen LogP) is 3.50. The van der Waals surface area contributed by atoms with Crippen LogP contribution in [0.2, 0.25) is 0 Å². The Kier molecular flexibility index (Phi) is 4.42. The first-order valence-electron chi connectivity index (χ1n) is 6.22. The maximum Gasteiger partial charge on any atom is 0.176 e. The number of furan rings is 1. The van der Waals surface area contributed by atoms with E-state index in [1.54, 1.807) is 7.11 Å². The van der Waals surface area contributed by atoms with Crippen LogP contribution in [0.3, 0.4) is 0 Å². The van der Waals surface area contributed by atoms with Crippen LogP contribution in [0, 0.1) is 0 Å². The Labute approximate surface area is 107 Å². The Balaban J connectivity index is 2.01. The smallest absolute Gasteiger partial charge is 0.176 e. The molecule has 0 amide bonds. The molecule has 3 heteroatoms. The molecule has 0 saturated carbocycles. The SMILES string of the molecule is C/C=C/CCNCc1cc2cccc(OC)c2o1. The number of rotatable bonds is 6. The number of allylic oxidation sites excluding steroid dienone is 1. The van der Waals surface area contributed by atoms with Gasteiger partial charge >= 0.3 is 0 Å². The molecule has 2 aromatic rings. The molecule has 1 N–H and O–H groups in total. The predicted molar refractivity (Wildman–Crippen MR) is 73.9 cm³/mol. The van der Waals surface area contributed by atoms with E-state index in [-0.39, 0.29) is 0 Å². The van der Waals surface area contributed by atoms with E-state index in [0.717, 1.165) is 42.0 Å². The van der Waals surface area contributed by atoms with Gasteiger partial charge in [-0.3, -0.25) is 0 Å². The molecule has 18 heavy (non-hydrogen) atoms. The molecule has 1 aromatic carbocycles. The van der Waals surface area contributed by atoms with Gasteiger partial charge in [0.2, 0.25) is 0 Å². The lowest BCUT2D eigenvalue weighted by atomic mass is 10.2. The monoisotopic (exact) mass is 245 g/mol. The summed E-state index contributed by atoms with van der Waals surface area (Å²) in [5, 5.41) is 4.43. The second kappa shape index (κ2) is 6.26. The largest absolute Gasteiger partial charge is 0.493 e. The summed E-state index contributed by atoms with van der Waals surface area (Å²) in [5.74, 6) is 1.72. The molecule has 3 nitrogen and oxygen atoms in total. The maximum atomic E-state index is 5.79. The number of hydrogen-bond acceptors (Lipinski definition) is 3. The molecule has 2 rings (SSSR count). The molecule has 0 radical (unpaired) electrons. The fraction of sp³-hybridized carbons (Fsp3) is 0.333. The van der Waals surface area contributed by atoms with Gasteiger partial charge in [-0.1, -0.05) is 24.3 Å². The Morgan fingerprint density at radius 2 is 2.28 bits per heavy atom. The van der Waals surface area contributed by atoms with Crippen molar-refractivity contribution in [1.82, 2.24) is 5.32 Å². The summed E-state index contributed by atoms with van der Waals surface area (Å²) >= 11 is 0. The summed E-state index contributed by atoms with van der Waals surface area (Å²) in [6, 6.07) is 7.97. The van der Waals surface area contributed by atoms with E-state index in [1.165, 1.54) is 0 Å². The number of para-hydroxylation sites is 1. The van der Waals surface area contributed by atoms with Gasteiger partial charge < -0.3 is 14.5 Å². The van der Waals surface area contributed by atoms with Crippen LogP contribution in [-0.2, 0) is 6.54 Å². The van der Waals surface area contributed by atoms with Gasteiger partial charge in [-0.2, -0.15) is 0 Å². The second-order valence-corrected chi connectivity index (χ2v) is 4.13. The van der Waals surface area contributed by atoms with Crippen molar-refractivity contribution in [2.45, 2.75) is 19.9 Å². The summed E-state index contributed by atoms with van der Waals surface area (Å²) in [4.78, 5) is 0. The third kappa shape index (κ3) is 2.93. The molecule has 0 fully saturated rings. The van der Waals surface area contributed by atoms with Crippen molar-refractivity contribution in [3.63, 3.8) is 0 Å². The zero-order valence-corrected chi connectivity index (χ0v) is 10.9. The lowest BCUT2D eigenvalue weighted by Crippen LogP contribution is -2.13. The normalized spacial score (nSPS) is 11.4. The summed E-state index contributed by atoms with van der Waals surface area (Å²) in [5.41, 5.74) is 0.824. The summed E-state index contributed by atoms with van der Waals surface area (Å²) in [7, 11) is 1.66. The van der Waals surface area contributed by atoms with Crippen LogP contribution >= 0.6 is 0 Å².